The number of carbonyl (C=O) groups excluding carboxylic acids is 4. The Hall–Kier alpha value is -2.90. The van der Waals surface area contributed by atoms with Crippen LogP contribution in [-0.2, 0) is 30.3 Å². The molecular formula is C21H29N3O5. The van der Waals surface area contributed by atoms with Crippen molar-refractivity contribution in [2.75, 3.05) is 31.5 Å². The van der Waals surface area contributed by atoms with E-state index in [1.54, 1.807) is 21.9 Å². The molecule has 0 spiro atoms. The third kappa shape index (κ3) is 6.89. The van der Waals surface area contributed by atoms with Crippen LogP contribution in [0.3, 0.4) is 0 Å². The second-order valence-electron chi connectivity index (χ2n) is 7.06. The summed E-state index contributed by atoms with van der Waals surface area (Å²) in [4.78, 5) is 51.1. The monoisotopic (exact) mass is 403 g/mol. The fraction of sp³-hybridized carbons (Fsp3) is 0.524. The van der Waals surface area contributed by atoms with Crippen LogP contribution < -0.4 is 5.32 Å². The molecule has 1 aliphatic heterocycles. The maximum atomic E-state index is 12.2. The molecule has 1 aliphatic rings. The van der Waals surface area contributed by atoms with Crippen LogP contribution in [0.5, 0.6) is 0 Å². The summed E-state index contributed by atoms with van der Waals surface area (Å²) >= 11 is 0. The molecule has 1 atom stereocenters. The van der Waals surface area contributed by atoms with Gasteiger partial charge in [-0.05, 0) is 31.0 Å². The van der Waals surface area contributed by atoms with E-state index in [0.29, 0.717) is 31.9 Å². The summed E-state index contributed by atoms with van der Waals surface area (Å²) in [5.41, 5.74) is 1.80. The van der Waals surface area contributed by atoms with E-state index in [1.807, 2.05) is 19.1 Å². The lowest BCUT2D eigenvalue weighted by Crippen LogP contribution is -2.50. The standard InChI is InChI=1S/C21H29N3O5/c1-4-17-5-7-18(8-6-17)22-21(28)15(2)29-20(27)10-9-19(26)24-13-11-23(12-14-24)16(3)25/h5-8,15H,4,9-14H2,1-3H3,(H,22,28)/t15-/m0/s1. The molecule has 0 aromatic heterocycles. The van der Waals surface area contributed by atoms with Gasteiger partial charge in [0, 0.05) is 45.2 Å². The van der Waals surface area contributed by atoms with Crippen molar-refractivity contribution < 1.29 is 23.9 Å². The Kier molecular flexibility index (Phi) is 8.18. The summed E-state index contributed by atoms with van der Waals surface area (Å²) in [6, 6.07) is 7.45. The number of esters is 1. The highest BCUT2D eigenvalue weighted by Gasteiger charge is 2.24. The first-order chi connectivity index (χ1) is 13.8. The number of anilines is 1. The second kappa shape index (κ2) is 10.6. The van der Waals surface area contributed by atoms with Gasteiger partial charge in [0.2, 0.25) is 11.8 Å². The van der Waals surface area contributed by atoms with Gasteiger partial charge in [-0.2, -0.15) is 0 Å². The van der Waals surface area contributed by atoms with E-state index in [0.717, 1.165) is 12.0 Å². The van der Waals surface area contributed by atoms with Gasteiger partial charge < -0.3 is 19.9 Å². The molecule has 1 aromatic rings. The van der Waals surface area contributed by atoms with Crippen molar-refractivity contribution >= 4 is 29.4 Å². The molecule has 158 valence electrons. The number of rotatable bonds is 7. The molecule has 0 saturated carbocycles. The number of nitrogens with zero attached hydrogens (tertiary/aromatic N) is 2. The van der Waals surface area contributed by atoms with Crippen molar-refractivity contribution in [2.24, 2.45) is 0 Å². The summed E-state index contributed by atoms with van der Waals surface area (Å²) in [5.74, 6) is -1.17. The average molecular weight is 403 g/mol. The highest BCUT2D eigenvalue weighted by molar-refractivity contribution is 5.95. The number of nitrogens with one attached hydrogen (secondary N) is 1. The van der Waals surface area contributed by atoms with Crippen LogP contribution >= 0.6 is 0 Å². The van der Waals surface area contributed by atoms with Crippen molar-refractivity contribution in [3.05, 3.63) is 29.8 Å². The topological polar surface area (TPSA) is 96.0 Å². The number of hydrogen-bond acceptors (Lipinski definition) is 5. The van der Waals surface area contributed by atoms with Crippen molar-refractivity contribution in [1.29, 1.82) is 0 Å². The molecular weight excluding hydrogens is 374 g/mol. The molecule has 0 radical (unpaired) electrons. The van der Waals surface area contributed by atoms with Crippen LogP contribution in [0.1, 0.15) is 39.2 Å². The van der Waals surface area contributed by atoms with E-state index >= 15 is 0 Å². The number of piperazine rings is 1. The zero-order valence-electron chi connectivity index (χ0n) is 17.3. The van der Waals surface area contributed by atoms with Gasteiger partial charge in [-0.1, -0.05) is 19.1 Å². The van der Waals surface area contributed by atoms with Crippen molar-refractivity contribution in [3.63, 3.8) is 0 Å². The Labute approximate surface area is 171 Å². The molecule has 8 nitrogen and oxygen atoms in total. The third-order valence-corrected chi connectivity index (χ3v) is 4.93. The van der Waals surface area contributed by atoms with Crippen LogP contribution in [0, 0.1) is 0 Å². The molecule has 8 heteroatoms. The molecule has 1 N–H and O–H groups in total. The predicted octanol–water partition coefficient (Wildman–Crippen LogP) is 1.59. The minimum atomic E-state index is -0.956. The molecule has 1 fully saturated rings. The Morgan fingerprint density at radius 3 is 2.14 bits per heavy atom. The summed E-state index contributed by atoms with van der Waals surface area (Å²) in [5, 5.41) is 2.70. The first-order valence-electron chi connectivity index (χ1n) is 9.92. The molecule has 0 aliphatic carbocycles. The summed E-state index contributed by atoms with van der Waals surface area (Å²) in [6.07, 6.45) is -0.115. The van der Waals surface area contributed by atoms with E-state index in [1.165, 1.54) is 13.8 Å². The zero-order chi connectivity index (χ0) is 21.4. The average Bonchev–Trinajstić information content (AvgIpc) is 2.72. The number of ether oxygens (including phenoxy) is 1. The predicted molar refractivity (Wildman–Crippen MR) is 108 cm³/mol. The van der Waals surface area contributed by atoms with Gasteiger partial charge in [-0.15, -0.1) is 0 Å². The number of benzene rings is 1. The van der Waals surface area contributed by atoms with Crippen LogP contribution in [0.2, 0.25) is 0 Å². The summed E-state index contributed by atoms with van der Waals surface area (Å²) < 4.78 is 5.14. The lowest BCUT2D eigenvalue weighted by atomic mass is 10.1. The van der Waals surface area contributed by atoms with E-state index in [2.05, 4.69) is 5.32 Å². The largest absolute Gasteiger partial charge is 0.453 e. The Morgan fingerprint density at radius 1 is 1.00 bits per heavy atom. The molecule has 2 rings (SSSR count). The number of amides is 3. The quantitative estimate of drug-likeness (QED) is 0.698. The molecule has 1 heterocycles. The number of aryl methyl sites for hydroxylation is 1. The lowest BCUT2D eigenvalue weighted by Gasteiger charge is -2.34. The normalized spacial score (nSPS) is 14.9. The minimum absolute atomic E-state index is 0.00533. The summed E-state index contributed by atoms with van der Waals surface area (Å²) in [7, 11) is 0. The maximum Gasteiger partial charge on any atom is 0.307 e. The first kappa shape index (κ1) is 22.4. The van der Waals surface area contributed by atoms with Crippen molar-refractivity contribution in [1.82, 2.24) is 9.80 Å². The highest BCUT2D eigenvalue weighted by atomic mass is 16.5. The Balaban J connectivity index is 1.71. The molecule has 0 unspecified atom stereocenters. The van der Waals surface area contributed by atoms with Gasteiger partial charge in [-0.3, -0.25) is 19.2 Å². The Morgan fingerprint density at radius 2 is 1.59 bits per heavy atom. The van der Waals surface area contributed by atoms with Gasteiger partial charge in [-0.25, -0.2) is 0 Å². The Bertz CT molecular complexity index is 739. The smallest absolute Gasteiger partial charge is 0.307 e. The molecule has 29 heavy (non-hydrogen) atoms. The van der Waals surface area contributed by atoms with E-state index in [-0.39, 0.29) is 24.7 Å². The SMILES string of the molecule is CCc1ccc(NC(=O)[C@H](C)OC(=O)CCC(=O)N2CCN(C(C)=O)CC2)cc1. The third-order valence-electron chi connectivity index (χ3n) is 4.93. The molecule has 1 saturated heterocycles. The van der Waals surface area contributed by atoms with Gasteiger partial charge >= 0.3 is 5.97 Å². The first-order valence-corrected chi connectivity index (χ1v) is 9.92. The maximum absolute atomic E-state index is 12.2. The van der Waals surface area contributed by atoms with Crippen LogP contribution in [0.25, 0.3) is 0 Å². The second-order valence-corrected chi connectivity index (χ2v) is 7.06. The van der Waals surface area contributed by atoms with Crippen LogP contribution in [0.15, 0.2) is 24.3 Å². The van der Waals surface area contributed by atoms with Gasteiger partial charge in [0.1, 0.15) is 0 Å². The van der Waals surface area contributed by atoms with E-state index < -0.39 is 18.0 Å². The summed E-state index contributed by atoms with van der Waals surface area (Å²) in [6.45, 7) is 6.98. The fourth-order valence-corrected chi connectivity index (χ4v) is 3.02. The lowest BCUT2D eigenvalue weighted by molar-refractivity contribution is -0.154. The van der Waals surface area contributed by atoms with E-state index in [4.69, 9.17) is 4.74 Å². The molecule has 1 aromatic carbocycles. The van der Waals surface area contributed by atoms with Crippen LogP contribution in [-0.4, -0.2) is 65.8 Å². The minimum Gasteiger partial charge on any atom is -0.453 e. The van der Waals surface area contributed by atoms with Gasteiger partial charge in [0.25, 0.3) is 5.91 Å². The van der Waals surface area contributed by atoms with E-state index in [9.17, 15) is 19.2 Å². The van der Waals surface area contributed by atoms with Gasteiger partial charge in [0.15, 0.2) is 6.10 Å². The highest BCUT2D eigenvalue weighted by Crippen LogP contribution is 2.11. The number of carbonyl (C=O) groups is 4. The van der Waals surface area contributed by atoms with Crippen LogP contribution in [0.4, 0.5) is 5.69 Å². The van der Waals surface area contributed by atoms with Gasteiger partial charge in [0.05, 0.1) is 6.42 Å². The molecule has 0 bridgehead atoms. The number of hydrogen-bond donors (Lipinski definition) is 1. The zero-order valence-corrected chi connectivity index (χ0v) is 17.3. The van der Waals surface area contributed by atoms with Crippen molar-refractivity contribution in [3.8, 4) is 0 Å². The molecule has 3 amide bonds. The fourth-order valence-electron chi connectivity index (χ4n) is 3.02. The van der Waals surface area contributed by atoms with Crippen molar-refractivity contribution in [2.45, 2.75) is 46.1 Å².